The van der Waals surface area contributed by atoms with Gasteiger partial charge in [-0.1, -0.05) is 0 Å². The summed E-state index contributed by atoms with van der Waals surface area (Å²) in [5, 5.41) is 2.69. The lowest BCUT2D eigenvalue weighted by Gasteiger charge is -2.06. The highest BCUT2D eigenvalue weighted by molar-refractivity contribution is 7.89. The van der Waals surface area contributed by atoms with Gasteiger partial charge < -0.3 is 11.1 Å². The van der Waals surface area contributed by atoms with Crippen LogP contribution in [0.1, 0.15) is 12.8 Å². The third kappa shape index (κ3) is 3.41. The minimum absolute atomic E-state index is 0.0177. The maximum absolute atomic E-state index is 11.8. The molecule has 0 unspecified atom stereocenters. The second-order valence-corrected chi connectivity index (χ2v) is 5.85. The van der Waals surface area contributed by atoms with Crippen molar-refractivity contribution in [1.29, 1.82) is 0 Å². The molecule has 0 spiro atoms. The average molecular weight is 270 g/mol. The van der Waals surface area contributed by atoms with Crippen LogP contribution in [0, 0.1) is 0 Å². The van der Waals surface area contributed by atoms with Gasteiger partial charge >= 0.3 is 0 Å². The molecule has 0 atom stereocenters. The van der Waals surface area contributed by atoms with E-state index in [1.807, 2.05) is 0 Å². The molecule has 2 rings (SSSR count). The third-order valence-corrected chi connectivity index (χ3v) is 3.82. The lowest BCUT2D eigenvalue weighted by atomic mass is 10.5. The van der Waals surface area contributed by atoms with E-state index < -0.39 is 10.0 Å². The number of aromatic nitrogens is 1. The van der Waals surface area contributed by atoms with Crippen molar-refractivity contribution in [2.24, 2.45) is 0 Å². The highest BCUT2D eigenvalue weighted by Crippen LogP contribution is 2.18. The van der Waals surface area contributed by atoms with Gasteiger partial charge in [0, 0.05) is 12.2 Å². The summed E-state index contributed by atoms with van der Waals surface area (Å²) >= 11 is 0. The topological polar surface area (TPSA) is 114 Å². The van der Waals surface area contributed by atoms with Gasteiger partial charge in [-0.25, -0.2) is 18.1 Å². The van der Waals surface area contributed by atoms with Gasteiger partial charge in [-0.15, -0.1) is 0 Å². The number of hydrogen-bond donors (Lipinski definition) is 3. The zero-order valence-electron chi connectivity index (χ0n) is 9.59. The number of nitrogens with one attached hydrogen (secondary N) is 2. The van der Waals surface area contributed by atoms with Crippen molar-refractivity contribution in [1.82, 2.24) is 15.0 Å². The number of amides is 1. The second-order valence-electron chi connectivity index (χ2n) is 4.09. The smallest absolute Gasteiger partial charge is 0.242 e. The third-order valence-electron chi connectivity index (χ3n) is 2.43. The molecule has 4 N–H and O–H groups in total. The van der Waals surface area contributed by atoms with E-state index in [-0.39, 0.29) is 29.2 Å². The first-order valence-electron chi connectivity index (χ1n) is 5.48. The summed E-state index contributed by atoms with van der Waals surface area (Å²) in [6.07, 6.45) is 3.07. The standard InChI is InChI=1S/C10H14N4O3S/c11-9-4-3-8(5-12-9)18(16,17)13-6-10(15)14-7-1-2-7/h3-5,7,13H,1-2,6H2,(H2,11,12)(H,14,15). The number of anilines is 1. The molecule has 1 aliphatic carbocycles. The molecular weight excluding hydrogens is 256 g/mol. The highest BCUT2D eigenvalue weighted by atomic mass is 32.2. The first-order chi connectivity index (χ1) is 8.47. The number of hydrogen-bond acceptors (Lipinski definition) is 5. The van der Waals surface area contributed by atoms with E-state index >= 15 is 0 Å². The van der Waals surface area contributed by atoms with Crippen LogP contribution in [-0.2, 0) is 14.8 Å². The minimum Gasteiger partial charge on any atom is -0.384 e. The van der Waals surface area contributed by atoms with E-state index in [1.54, 1.807) is 0 Å². The van der Waals surface area contributed by atoms with Crippen molar-refractivity contribution >= 4 is 21.7 Å². The van der Waals surface area contributed by atoms with Crippen LogP contribution in [-0.4, -0.2) is 31.9 Å². The zero-order chi connectivity index (χ0) is 13.2. The maximum Gasteiger partial charge on any atom is 0.242 e. The van der Waals surface area contributed by atoms with Gasteiger partial charge in [0.25, 0.3) is 0 Å². The highest BCUT2D eigenvalue weighted by Gasteiger charge is 2.24. The zero-order valence-corrected chi connectivity index (χ0v) is 10.4. The summed E-state index contributed by atoms with van der Waals surface area (Å²) in [7, 11) is -3.72. The Balaban J connectivity index is 1.94. The Kier molecular flexibility index (Phi) is 3.48. The van der Waals surface area contributed by atoms with Crippen LogP contribution in [0.3, 0.4) is 0 Å². The molecule has 1 aromatic heterocycles. The van der Waals surface area contributed by atoms with Crippen molar-refractivity contribution in [3.05, 3.63) is 18.3 Å². The van der Waals surface area contributed by atoms with Gasteiger partial charge in [-0.05, 0) is 25.0 Å². The molecule has 0 aromatic carbocycles. The van der Waals surface area contributed by atoms with Gasteiger partial charge in [-0.3, -0.25) is 4.79 Å². The van der Waals surface area contributed by atoms with E-state index in [9.17, 15) is 13.2 Å². The molecule has 0 saturated heterocycles. The fourth-order valence-electron chi connectivity index (χ4n) is 1.30. The Hall–Kier alpha value is -1.67. The maximum atomic E-state index is 11.8. The lowest BCUT2D eigenvalue weighted by Crippen LogP contribution is -2.37. The molecule has 0 radical (unpaired) electrons. The Morgan fingerprint density at radius 2 is 2.17 bits per heavy atom. The van der Waals surface area contributed by atoms with Crippen molar-refractivity contribution in [2.75, 3.05) is 12.3 Å². The van der Waals surface area contributed by atoms with Crippen molar-refractivity contribution in [3.8, 4) is 0 Å². The van der Waals surface area contributed by atoms with Crippen LogP contribution in [0.15, 0.2) is 23.2 Å². The Morgan fingerprint density at radius 3 is 2.72 bits per heavy atom. The van der Waals surface area contributed by atoms with Crippen LogP contribution >= 0.6 is 0 Å². The predicted molar refractivity (Wildman–Crippen MR) is 65.0 cm³/mol. The quantitative estimate of drug-likeness (QED) is 0.649. The Labute approximate surface area is 105 Å². The van der Waals surface area contributed by atoms with Gasteiger partial charge in [0.1, 0.15) is 10.7 Å². The van der Waals surface area contributed by atoms with E-state index in [0.29, 0.717) is 0 Å². The molecule has 1 saturated carbocycles. The van der Waals surface area contributed by atoms with E-state index in [4.69, 9.17) is 5.73 Å². The van der Waals surface area contributed by atoms with Gasteiger partial charge in [0.2, 0.25) is 15.9 Å². The van der Waals surface area contributed by atoms with E-state index in [0.717, 1.165) is 19.0 Å². The normalized spacial score (nSPS) is 15.3. The van der Waals surface area contributed by atoms with Crippen LogP contribution in [0.4, 0.5) is 5.82 Å². The summed E-state index contributed by atoms with van der Waals surface area (Å²) in [5.41, 5.74) is 5.36. The van der Waals surface area contributed by atoms with Crippen LogP contribution in [0.25, 0.3) is 0 Å². The molecule has 0 aliphatic heterocycles. The fraction of sp³-hybridized carbons (Fsp3) is 0.400. The van der Waals surface area contributed by atoms with Gasteiger partial charge in [0.05, 0.1) is 6.54 Å². The summed E-state index contributed by atoms with van der Waals surface area (Å²) in [6.45, 7) is -0.275. The van der Waals surface area contributed by atoms with Gasteiger partial charge in [0.15, 0.2) is 0 Å². The average Bonchev–Trinajstić information content (AvgIpc) is 3.11. The van der Waals surface area contributed by atoms with Crippen LogP contribution in [0.2, 0.25) is 0 Å². The SMILES string of the molecule is Nc1ccc(S(=O)(=O)NCC(=O)NC2CC2)cn1. The molecule has 1 heterocycles. The number of carbonyl (C=O) groups is 1. The molecule has 1 fully saturated rings. The molecule has 7 nitrogen and oxygen atoms in total. The number of nitrogens with two attached hydrogens (primary N) is 1. The summed E-state index contributed by atoms with van der Waals surface area (Å²) in [5.74, 6) is -0.0927. The molecular formula is C10H14N4O3S. The lowest BCUT2D eigenvalue weighted by molar-refractivity contribution is -0.120. The van der Waals surface area contributed by atoms with Crippen molar-refractivity contribution < 1.29 is 13.2 Å². The largest absolute Gasteiger partial charge is 0.384 e. The van der Waals surface area contributed by atoms with E-state index in [1.165, 1.54) is 12.1 Å². The second kappa shape index (κ2) is 4.91. The number of pyridine rings is 1. The van der Waals surface area contributed by atoms with Crippen LogP contribution < -0.4 is 15.8 Å². The Bertz CT molecular complexity index is 537. The van der Waals surface area contributed by atoms with Crippen molar-refractivity contribution in [2.45, 2.75) is 23.8 Å². The first kappa shape index (κ1) is 12.8. The Morgan fingerprint density at radius 1 is 1.44 bits per heavy atom. The summed E-state index contributed by atoms with van der Waals surface area (Å²) in [6, 6.07) is 2.93. The number of nitrogen functional groups attached to an aromatic ring is 1. The summed E-state index contributed by atoms with van der Waals surface area (Å²) < 4.78 is 25.8. The first-order valence-corrected chi connectivity index (χ1v) is 6.96. The minimum atomic E-state index is -3.72. The molecule has 98 valence electrons. The van der Waals surface area contributed by atoms with Crippen molar-refractivity contribution in [3.63, 3.8) is 0 Å². The molecule has 1 amide bonds. The number of rotatable bonds is 5. The fourth-order valence-corrected chi connectivity index (χ4v) is 2.23. The molecule has 1 aromatic rings. The molecule has 0 bridgehead atoms. The number of sulfonamides is 1. The van der Waals surface area contributed by atoms with Crippen LogP contribution in [0.5, 0.6) is 0 Å². The molecule has 1 aliphatic rings. The number of nitrogens with zero attached hydrogens (tertiary/aromatic N) is 1. The van der Waals surface area contributed by atoms with E-state index in [2.05, 4.69) is 15.0 Å². The monoisotopic (exact) mass is 270 g/mol. The number of carbonyl (C=O) groups excluding carboxylic acids is 1. The molecule has 18 heavy (non-hydrogen) atoms. The van der Waals surface area contributed by atoms with Gasteiger partial charge in [-0.2, -0.15) is 0 Å². The summed E-state index contributed by atoms with van der Waals surface area (Å²) in [4.78, 5) is 15.0. The molecule has 8 heteroatoms. The predicted octanol–water partition coefficient (Wildman–Crippen LogP) is -0.779.